The minimum Gasteiger partial charge on any atom is -0.491 e. The molecular formula is C18H28O2. The van der Waals surface area contributed by atoms with E-state index in [1.165, 1.54) is 25.7 Å². The van der Waals surface area contributed by atoms with Gasteiger partial charge in [0, 0.05) is 0 Å². The fraction of sp³-hybridized carbons (Fsp3) is 0.667. The van der Waals surface area contributed by atoms with Crippen LogP contribution in [0.3, 0.4) is 0 Å². The number of rotatable bonds is 5. The lowest BCUT2D eigenvalue weighted by Crippen LogP contribution is -2.25. The van der Waals surface area contributed by atoms with Crippen LogP contribution >= 0.6 is 0 Å². The van der Waals surface area contributed by atoms with Crippen LogP contribution in [0.25, 0.3) is 0 Å². The molecule has 1 aromatic rings. The Bertz CT molecular complexity index is 396. The molecule has 1 aliphatic rings. The van der Waals surface area contributed by atoms with Gasteiger partial charge in [0.15, 0.2) is 0 Å². The van der Waals surface area contributed by atoms with Crippen molar-refractivity contribution >= 4 is 0 Å². The molecule has 0 heterocycles. The topological polar surface area (TPSA) is 29.5 Å². The van der Waals surface area contributed by atoms with Gasteiger partial charge in [-0.25, -0.2) is 0 Å². The molecule has 3 unspecified atom stereocenters. The molecule has 3 atom stereocenters. The number of aliphatic hydroxyl groups is 1. The first-order valence-electron chi connectivity index (χ1n) is 8.06. The molecular weight excluding hydrogens is 248 g/mol. The van der Waals surface area contributed by atoms with Gasteiger partial charge in [-0.2, -0.15) is 0 Å². The van der Waals surface area contributed by atoms with E-state index in [0.717, 1.165) is 17.7 Å². The third-order valence-electron chi connectivity index (χ3n) is 4.49. The maximum Gasteiger partial charge on any atom is 0.119 e. The van der Waals surface area contributed by atoms with E-state index in [2.05, 4.69) is 6.92 Å². The Balaban J connectivity index is 2.05. The molecule has 0 aromatic heterocycles. The third-order valence-corrected chi connectivity index (χ3v) is 4.49. The summed E-state index contributed by atoms with van der Waals surface area (Å²) < 4.78 is 5.66. The molecule has 112 valence electrons. The van der Waals surface area contributed by atoms with E-state index in [1.807, 2.05) is 38.1 Å². The largest absolute Gasteiger partial charge is 0.491 e. The van der Waals surface area contributed by atoms with Gasteiger partial charge in [0.2, 0.25) is 0 Å². The van der Waals surface area contributed by atoms with Crippen molar-refractivity contribution in [3.05, 3.63) is 29.8 Å². The van der Waals surface area contributed by atoms with Crippen LogP contribution in [-0.4, -0.2) is 11.2 Å². The maximum atomic E-state index is 10.7. The fourth-order valence-corrected chi connectivity index (χ4v) is 3.42. The summed E-state index contributed by atoms with van der Waals surface area (Å²) in [5.41, 5.74) is 1.03. The van der Waals surface area contributed by atoms with Crippen molar-refractivity contribution in [1.82, 2.24) is 0 Å². The van der Waals surface area contributed by atoms with Gasteiger partial charge < -0.3 is 9.84 Å². The molecule has 0 aliphatic heterocycles. The maximum absolute atomic E-state index is 10.7. The van der Waals surface area contributed by atoms with Gasteiger partial charge in [-0.3, -0.25) is 0 Å². The number of ether oxygens (including phenoxy) is 1. The quantitative estimate of drug-likeness (QED) is 0.843. The molecule has 2 heteroatoms. The minimum absolute atomic E-state index is 0.189. The molecule has 0 radical (unpaired) electrons. The molecule has 1 N–H and O–H groups in total. The van der Waals surface area contributed by atoms with Gasteiger partial charge in [0.25, 0.3) is 0 Å². The molecule has 2 rings (SSSR count). The molecule has 1 aromatic carbocycles. The summed E-state index contributed by atoms with van der Waals surface area (Å²) in [5, 5.41) is 10.7. The average molecular weight is 276 g/mol. The first-order chi connectivity index (χ1) is 9.61. The van der Waals surface area contributed by atoms with Gasteiger partial charge in [0.05, 0.1) is 12.2 Å². The van der Waals surface area contributed by atoms with Crippen molar-refractivity contribution < 1.29 is 9.84 Å². The number of hydrogen-bond donors (Lipinski definition) is 1. The zero-order chi connectivity index (χ0) is 14.5. The minimum atomic E-state index is -0.326. The second kappa shape index (κ2) is 7.12. The zero-order valence-electron chi connectivity index (χ0n) is 13.0. The SMILES string of the molecule is CCC1CCCCC1C(O)c1ccc(OC(C)C)cc1. The van der Waals surface area contributed by atoms with Crippen LogP contribution in [0, 0.1) is 11.8 Å². The molecule has 0 saturated heterocycles. The monoisotopic (exact) mass is 276 g/mol. The zero-order valence-corrected chi connectivity index (χ0v) is 13.0. The van der Waals surface area contributed by atoms with E-state index in [1.54, 1.807) is 0 Å². The summed E-state index contributed by atoms with van der Waals surface area (Å²) in [5.74, 6) is 1.97. The van der Waals surface area contributed by atoms with E-state index >= 15 is 0 Å². The summed E-state index contributed by atoms with van der Waals surface area (Å²) in [6, 6.07) is 7.98. The van der Waals surface area contributed by atoms with Gasteiger partial charge in [-0.05, 0) is 49.8 Å². The molecule has 2 nitrogen and oxygen atoms in total. The smallest absolute Gasteiger partial charge is 0.119 e. The third kappa shape index (κ3) is 3.76. The van der Waals surface area contributed by atoms with Crippen molar-refractivity contribution in [2.24, 2.45) is 11.8 Å². The Kier molecular flexibility index (Phi) is 5.47. The Morgan fingerprint density at radius 2 is 1.80 bits per heavy atom. The second-order valence-electron chi connectivity index (χ2n) is 6.30. The highest BCUT2D eigenvalue weighted by atomic mass is 16.5. The Hall–Kier alpha value is -1.02. The van der Waals surface area contributed by atoms with Crippen LogP contribution in [-0.2, 0) is 0 Å². The van der Waals surface area contributed by atoms with Gasteiger partial charge in [-0.1, -0.05) is 44.7 Å². The first-order valence-corrected chi connectivity index (χ1v) is 8.06. The van der Waals surface area contributed by atoms with E-state index < -0.39 is 0 Å². The molecule has 0 bridgehead atoms. The lowest BCUT2D eigenvalue weighted by Gasteiger charge is -2.34. The van der Waals surface area contributed by atoms with Gasteiger partial charge in [-0.15, -0.1) is 0 Å². The van der Waals surface area contributed by atoms with Crippen LogP contribution < -0.4 is 4.74 Å². The van der Waals surface area contributed by atoms with Gasteiger partial charge in [0.1, 0.15) is 5.75 Å². The standard InChI is InChI=1S/C18H28O2/c1-4-14-7-5-6-8-17(14)18(19)15-9-11-16(12-10-15)20-13(2)3/h9-14,17-19H,4-8H2,1-3H3. The van der Waals surface area contributed by atoms with Crippen LogP contribution in [0.1, 0.15) is 64.5 Å². The van der Waals surface area contributed by atoms with Crippen molar-refractivity contribution in [2.75, 3.05) is 0 Å². The van der Waals surface area contributed by atoms with E-state index in [-0.39, 0.29) is 12.2 Å². The molecule has 1 fully saturated rings. The molecule has 1 saturated carbocycles. The summed E-state index contributed by atoms with van der Waals surface area (Å²) in [7, 11) is 0. The molecule has 1 aliphatic carbocycles. The summed E-state index contributed by atoms with van der Waals surface area (Å²) in [6.07, 6.45) is 6.05. The average Bonchev–Trinajstić information content (AvgIpc) is 2.46. The van der Waals surface area contributed by atoms with Crippen molar-refractivity contribution in [3.8, 4) is 5.75 Å². The van der Waals surface area contributed by atoms with Crippen LogP contribution in [0.5, 0.6) is 5.75 Å². The normalized spacial score (nSPS) is 24.6. The number of aliphatic hydroxyl groups excluding tert-OH is 1. The summed E-state index contributed by atoms with van der Waals surface area (Å²) in [4.78, 5) is 0. The Labute approximate surface area is 123 Å². The van der Waals surface area contributed by atoms with E-state index in [0.29, 0.717) is 11.8 Å². The fourth-order valence-electron chi connectivity index (χ4n) is 3.42. The van der Waals surface area contributed by atoms with Crippen LogP contribution in [0.2, 0.25) is 0 Å². The number of benzene rings is 1. The highest BCUT2D eigenvalue weighted by Crippen LogP contribution is 2.40. The van der Waals surface area contributed by atoms with Gasteiger partial charge >= 0.3 is 0 Å². The first kappa shape index (κ1) is 15.4. The van der Waals surface area contributed by atoms with Crippen molar-refractivity contribution in [2.45, 2.75) is 65.1 Å². The van der Waals surface area contributed by atoms with Crippen LogP contribution in [0.4, 0.5) is 0 Å². The molecule has 20 heavy (non-hydrogen) atoms. The summed E-state index contributed by atoms with van der Waals surface area (Å²) in [6.45, 7) is 6.29. The van der Waals surface area contributed by atoms with E-state index in [4.69, 9.17) is 4.74 Å². The summed E-state index contributed by atoms with van der Waals surface area (Å²) >= 11 is 0. The van der Waals surface area contributed by atoms with Crippen molar-refractivity contribution in [1.29, 1.82) is 0 Å². The predicted molar refractivity (Wildman–Crippen MR) is 82.9 cm³/mol. The Morgan fingerprint density at radius 1 is 1.15 bits per heavy atom. The van der Waals surface area contributed by atoms with E-state index in [9.17, 15) is 5.11 Å². The lowest BCUT2D eigenvalue weighted by molar-refractivity contribution is 0.0451. The van der Waals surface area contributed by atoms with Crippen LogP contribution in [0.15, 0.2) is 24.3 Å². The van der Waals surface area contributed by atoms with Crippen molar-refractivity contribution in [3.63, 3.8) is 0 Å². The second-order valence-corrected chi connectivity index (χ2v) is 6.30. The highest BCUT2D eigenvalue weighted by molar-refractivity contribution is 5.29. The molecule has 0 amide bonds. The highest BCUT2D eigenvalue weighted by Gasteiger charge is 2.30. The predicted octanol–water partition coefficient (Wildman–Crippen LogP) is 4.72. The molecule has 0 spiro atoms. The number of hydrogen-bond acceptors (Lipinski definition) is 2. The lowest BCUT2D eigenvalue weighted by atomic mass is 9.73. The Morgan fingerprint density at radius 3 is 2.40 bits per heavy atom.